The maximum Gasteiger partial charge on any atom is 0.254 e. The van der Waals surface area contributed by atoms with Gasteiger partial charge in [0.05, 0.1) is 5.52 Å². The molecule has 0 aliphatic carbocycles. The summed E-state index contributed by atoms with van der Waals surface area (Å²) in [6, 6.07) is 20.5. The highest BCUT2D eigenvalue weighted by molar-refractivity contribution is 7.08. The Bertz CT molecular complexity index is 1130. The molecule has 4 heteroatoms. The molecule has 0 saturated carbocycles. The van der Waals surface area contributed by atoms with Gasteiger partial charge < -0.3 is 4.90 Å². The lowest BCUT2D eigenvalue weighted by atomic mass is 9.99. The Kier molecular flexibility index (Phi) is 3.98. The van der Waals surface area contributed by atoms with Crippen LogP contribution in [0.5, 0.6) is 0 Å². The number of nitrogens with zero attached hydrogens (tertiary/aromatic N) is 2. The molecule has 0 N–H and O–H groups in total. The number of benzene rings is 2. The van der Waals surface area contributed by atoms with E-state index in [-0.39, 0.29) is 5.91 Å². The standard InChI is InChI=1S/C23H18N2OS/c26-23-20-6-3-5-19(17-11-13-27-15-17)21(20)14-25(23)12-10-18-9-8-16-4-1-2-7-22(16)24-18/h1-9,11,13,15H,10,12,14H2. The quantitative estimate of drug-likeness (QED) is 0.497. The molecule has 132 valence electrons. The van der Waals surface area contributed by atoms with Crippen LogP contribution in [0.3, 0.4) is 0 Å². The van der Waals surface area contributed by atoms with Gasteiger partial charge in [-0.2, -0.15) is 11.3 Å². The summed E-state index contributed by atoms with van der Waals surface area (Å²) in [7, 11) is 0. The van der Waals surface area contributed by atoms with E-state index in [1.54, 1.807) is 11.3 Å². The summed E-state index contributed by atoms with van der Waals surface area (Å²) in [4.78, 5) is 19.5. The number of para-hydroxylation sites is 1. The van der Waals surface area contributed by atoms with Crippen LogP contribution in [0.25, 0.3) is 22.0 Å². The van der Waals surface area contributed by atoms with E-state index in [1.165, 1.54) is 11.1 Å². The van der Waals surface area contributed by atoms with Crippen LogP contribution in [0.2, 0.25) is 0 Å². The van der Waals surface area contributed by atoms with E-state index in [1.807, 2.05) is 35.2 Å². The highest BCUT2D eigenvalue weighted by Gasteiger charge is 2.29. The number of pyridine rings is 1. The van der Waals surface area contributed by atoms with Crippen molar-refractivity contribution in [2.45, 2.75) is 13.0 Å². The molecule has 0 unspecified atom stereocenters. The van der Waals surface area contributed by atoms with Crippen LogP contribution in [-0.4, -0.2) is 22.3 Å². The normalized spacial score (nSPS) is 13.3. The molecular formula is C23H18N2OS. The third kappa shape index (κ3) is 2.92. The second-order valence-electron chi connectivity index (χ2n) is 6.82. The lowest BCUT2D eigenvalue weighted by Gasteiger charge is -2.15. The van der Waals surface area contributed by atoms with Crippen molar-refractivity contribution in [3.63, 3.8) is 0 Å². The molecule has 0 radical (unpaired) electrons. The first-order chi connectivity index (χ1) is 13.3. The summed E-state index contributed by atoms with van der Waals surface area (Å²) in [5.74, 6) is 0.128. The average Bonchev–Trinajstić information content (AvgIpc) is 3.35. The maximum absolute atomic E-state index is 12.9. The summed E-state index contributed by atoms with van der Waals surface area (Å²) in [6.45, 7) is 1.36. The molecular weight excluding hydrogens is 352 g/mol. The van der Waals surface area contributed by atoms with Crippen molar-refractivity contribution in [2.75, 3.05) is 6.54 Å². The molecule has 4 aromatic rings. The van der Waals surface area contributed by atoms with Crippen molar-refractivity contribution in [1.29, 1.82) is 0 Å². The summed E-state index contributed by atoms with van der Waals surface area (Å²) in [5.41, 5.74) is 6.38. The smallest absolute Gasteiger partial charge is 0.254 e. The van der Waals surface area contributed by atoms with Gasteiger partial charge in [0.25, 0.3) is 5.91 Å². The van der Waals surface area contributed by atoms with Crippen LogP contribution in [0.1, 0.15) is 21.6 Å². The molecule has 3 heterocycles. The van der Waals surface area contributed by atoms with E-state index in [9.17, 15) is 4.79 Å². The fraction of sp³-hybridized carbons (Fsp3) is 0.130. The number of hydrogen-bond acceptors (Lipinski definition) is 3. The number of fused-ring (bicyclic) bond motifs is 2. The number of thiophene rings is 1. The minimum absolute atomic E-state index is 0.128. The predicted molar refractivity (Wildman–Crippen MR) is 110 cm³/mol. The average molecular weight is 370 g/mol. The van der Waals surface area contributed by atoms with Gasteiger partial charge in [0.1, 0.15) is 0 Å². The van der Waals surface area contributed by atoms with Gasteiger partial charge in [0.2, 0.25) is 0 Å². The minimum atomic E-state index is 0.128. The largest absolute Gasteiger partial charge is 0.334 e. The van der Waals surface area contributed by atoms with Crippen molar-refractivity contribution < 1.29 is 4.79 Å². The van der Waals surface area contributed by atoms with E-state index in [4.69, 9.17) is 4.98 Å². The zero-order chi connectivity index (χ0) is 18.2. The molecule has 5 rings (SSSR count). The Morgan fingerprint density at radius 1 is 0.963 bits per heavy atom. The van der Waals surface area contributed by atoms with Crippen LogP contribution >= 0.6 is 11.3 Å². The number of amides is 1. The van der Waals surface area contributed by atoms with Crippen molar-refractivity contribution in [1.82, 2.24) is 9.88 Å². The molecule has 27 heavy (non-hydrogen) atoms. The van der Waals surface area contributed by atoms with Gasteiger partial charge in [0, 0.05) is 36.2 Å². The van der Waals surface area contributed by atoms with Crippen LogP contribution in [0.4, 0.5) is 0 Å². The molecule has 0 atom stereocenters. The van der Waals surface area contributed by atoms with Crippen molar-refractivity contribution in [3.05, 3.63) is 88.2 Å². The zero-order valence-electron chi connectivity index (χ0n) is 14.8. The summed E-state index contributed by atoms with van der Waals surface area (Å²) < 4.78 is 0. The van der Waals surface area contributed by atoms with E-state index in [2.05, 4.69) is 41.1 Å². The highest BCUT2D eigenvalue weighted by Crippen LogP contribution is 2.33. The van der Waals surface area contributed by atoms with E-state index in [0.29, 0.717) is 13.1 Å². The summed E-state index contributed by atoms with van der Waals surface area (Å²) >= 11 is 1.68. The first kappa shape index (κ1) is 16.2. The van der Waals surface area contributed by atoms with E-state index in [0.717, 1.165) is 34.1 Å². The molecule has 2 aromatic heterocycles. The monoisotopic (exact) mass is 370 g/mol. The Morgan fingerprint density at radius 3 is 2.74 bits per heavy atom. The zero-order valence-corrected chi connectivity index (χ0v) is 15.6. The first-order valence-corrected chi connectivity index (χ1v) is 10.0. The SMILES string of the molecule is O=C1c2cccc(-c3ccsc3)c2CN1CCc1ccc2ccccc2n1. The minimum Gasteiger partial charge on any atom is -0.334 e. The number of carbonyl (C=O) groups is 1. The van der Waals surface area contributed by atoms with Gasteiger partial charge in [0.15, 0.2) is 0 Å². The fourth-order valence-corrected chi connectivity index (χ4v) is 4.41. The molecule has 1 aliphatic rings. The van der Waals surface area contributed by atoms with Crippen LogP contribution in [0, 0.1) is 0 Å². The van der Waals surface area contributed by atoms with Crippen molar-refractivity contribution in [2.24, 2.45) is 0 Å². The molecule has 0 fully saturated rings. The molecule has 1 amide bonds. The summed E-state index contributed by atoms with van der Waals surface area (Å²) in [6.07, 6.45) is 0.762. The number of rotatable bonds is 4. The maximum atomic E-state index is 12.9. The number of aromatic nitrogens is 1. The fourth-order valence-electron chi connectivity index (χ4n) is 3.76. The van der Waals surface area contributed by atoms with Gasteiger partial charge in [-0.25, -0.2) is 0 Å². The van der Waals surface area contributed by atoms with Crippen LogP contribution < -0.4 is 0 Å². The lowest BCUT2D eigenvalue weighted by molar-refractivity contribution is 0.0780. The Balaban J connectivity index is 1.37. The molecule has 0 saturated heterocycles. The van der Waals surface area contributed by atoms with E-state index < -0.39 is 0 Å². The van der Waals surface area contributed by atoms with Crippen LogP contribution in [-0.2, 0) is 13.0 Å². The lowest BCUT2D eigenvalue weighted by Crippen LogP contribution is -2.26. The van der Waals surface area contributed by atoms with E-state index >= 15 is 0 Å². The highest BCUT2D eigenvalue weighted by atomic mass is 32.1. The van der Waals surface area contributed by atoms with Crippen molar-refractivity contribution in [3.8, 4) is 11.1 Å². The third-order valence-corrected chi connectivity index (χ3v) is 5.85. The topological polar surface area (TPSA) is 33.2 Å². The predicted octanol–water partition coefficient (Wildman–Crippen LogP) is 5.16. The number of hydrogen-bond donors (Lipinski definition) is 0. The molecule has 1 aliphatic heterocycles. The Hall–Kier alpha value is -2.98. The number of carbonyl (C=O) groups excluding carboxylic acids is 1. The molecule has 0 spiro atoms. The van der Waals surface area contributed by atoms with Gasteiger partial charge in [-0.05, 0) is 51.7 Å². The van der Waals surface area contributed by atoms with Crippen molar-refractivity contribution >= 4 is 28.1 Å². The third-order valence-electron chi connectivity index (χ3n) is 5.17. The van der Waals surface area contributed by atoms with Gasteiger partial charge in [-0.15, -0.1) is 0 Å². The first-order valence-electron chi connectivity index (χ1n) is 9.08. The van der Waals surface area contributed by atoms with Gasteiger partial charge >= 0.3 is 0 Å². The molecule has 0 bridgehead atoms. The molecule has 3 nitrogen and oxygen atoms in total. The summed E-state index contributed by atoms with van der Waals surface area (Å²) in [5, 5.41) is 5.36. The Labute approximate surface area is 161 Å². The second kappa shape index (κ2) is 6.63. The van der Waals surface area contributed by atoms with Crippen LogP contribution in [0.15, 0.2) is 71.4 Å². The molecule has 2 aromatic carbocycles. The second-order valence-corrected chi connectivity index (χ2v) is 7.60. The van der Waals surface area contributed by atoms with Gasteiger partial charge in [-0.1, -0.05) is 36.4 Å². The van der Waals surface area contributed by atoms with Gasteiger partial charge in [-0.3, -0.25) is 9.78 Å². The Morgan fingerprint density at radius 2 is 1.85 bits per heavy atom.